The third kappa shape index (κ3) is 3.41. The molecule has 0 unspecified atom stereocenters. The van der Waals surface area contributed by atoms with Crippen molar-refractivity contribution < 1.29 is 0 Å². The number of aryl methyl sites for hydroxylation is 1. The maximum absolute atomic E-state index is 8.28. The third-order valence-electron chi connectivity index (χ3n) is 4.36. The number of nitrogens with one attached hydrogen (secondary N) is 2. The molecule has 0 aliphatic carbocycles. The quantitative estimate of drug-likeness (QED) is 0.366. The van der Waals surface area contributed by atoms with E-state index in [0.717, 1.165) is 51.0 Å². The Bertz CT molecular complexity index is 1200. The minimum absolute atomic E-state index is 0.354. The Balaban J connectivity index is 1.75. The average Bonchev–Trinajstić information content (AvgIpc) is 3.33. The molecular formula is C20H19N7S. The molecule has 0 saturated carbocycles. The van der Waals surface area contributed by atoms with Gasteiger partial charge in [-0.15, -0.1) is 0 Å². The Hall–Kier alpha value is -3.39. The van der Waals surface area contributed by atoms with Crippen LogP contribution in [0.1, 0.15) is 11.3 Å². The number of nitrogens with zero attached hydrogens (tertiary/aromatic N) is 4. The van der Waals surface area contributed by atoms with E-state index in [2.05, 4.69) is 15.0 Å². The van der Waals surface area contributed by atoms with Gasteiger partial charge >= 0.3 is 0 Å². The predicted octanol–water partition coefficient (Wildman–Crippen LogP) is 3.73. The van der Waals surface area contributed by atoms with Crippen molar-refractivity contribution in [3.8, 4) is 17.1 Å². The number of aromatic amines is 1. The highest BCUT2D eigenvalue weighted by molar-refractivity contribution is 8.26. The van der Waals surface area contributed by atoms with Gasteiger partial charge in [-0.3, -0.25) is 15.0 Å². The number of pyridine rings is 1. The molecule has 0 fully saturated rings. The summed E-state index contributed by atoms with van der Waals surface area (Å²) >= 11 is 1.14. The molecule has 0 saturated heterocycles. The molecule has 28 heavy (non-hydrogen) atoms. The molecule has 3 heterocycles. The summed E-state index contributed by atoms with van der Waals surface area (Å²) in [6.45, 7) is 1.95. The Kier molecular flexibility index (Phi) is 4.70. The van der Waals surface area contributed by atoms with Gasteiger partial charge in [0.15, 0.2) is 5.17 Å². The van der Waals surface area contributed by atoms with Crippen LogP contribution in [0.3, 0.4) is 0 Å². The van der Waals surface area contributed by atoms with Crippen molar-refractivity contribution in [2.45, 2.75) is 6.92 Å². The zero-order chi connectivity index (χ0) is 19.7. The zero-order valence-electron chi connectivity index (χ0n) is 15.5. The van der Waals surface area contributed by atoms with Crippen molar-refractivity contribution in [1.82, 2.24) is 19.5 Å². The van der Waals surface area contributed by atoms with E-state index in [9.17, 15) is 0 Å². The fourth-order valence-electron chi connectivity index (χ4n) is 2.95. The molecule has 1 aromatic carbocycles. The first-order valence-electron chi connectivity index (χ1n) is 8.63. The second-order valence-electron chi connectivity index (χ2n) is 6.26. The van der Waals surface area contributed by atoms with Gasteiger partial charge in [-0.2, -0.15) is 0 Å². The molecule has 3 aromatic heterocycles. The maximum atomic E-state index is 8.28. The SMILES string of the molecule is CN=C(N)SC(=N)c1ccc2[nH]cc(-c3cccc(-n4cnc(C)c4)n3)c2c1. The molecule has 140 valence electrons. The van der Waals surface area contributed by atoms with Crippen LogP contribution in [0.25, 0.3) is 28.0 Å². The van der Waals surface area contributed by atoms with Gasteiger partial charge in [0.1, 0.15) is 17.2 Å². The van der Waals surface area contributed by atoms with Gasteiger partial charge in [0.2, 0.25) is 0 Å². The van der Waals surface area contributed by atoms with Gasteiger partial charge in [-0.25, -0.2) is 9.97 Å². The number of thioether (sulfide) groups is 1. The van der Waals surface area contributed by atoms with Crippen LogP contribution in [-0.4, -0.2) is 36.8 Å². The second kappa shape index (κ2) is 7.32. The molecular weight excluding hydrogens is 370 g/mol. The van der Waals surface area contributed by atoms with E-state index in [0.29, 0.717) is 10.2 Å². The van der Waals surface area contributed by atoms with E-state index in [1.165, 1.54) is 0 Å². The lowest BCUT2D eigenvalue weighted by atomic mass is 10.1. The molecule has 0 bridgehead atoms. The number of benzene rings is 1. The fraction of sp³-hybridized carbons (Fsp3) is 0.100. The van der Waals surface area contributed by atoms with Crippen LogP contribution in [0.15, 0.2) is 60.1 Å². The summed E-state index contributed by atoms with van der Waals surface area (Å²) < 4.78 is 1.90. The van der Waals surface area contributed by atoms with Gasteiger partial charge < -0.3 is 10.7 Å². The van der Waals surface area contributed by atoms with Crippen LogP contribution >= 0.6 is 11.8 Å². The number of fused-ring (bicyclic) bond motifs is 1. The molecule has 4 rings (SSSR count). The van der Waals surface area contributed by atoms with Crippen molar-refractivity contribution in [1.29, 1.82) is 5.41 Å². The van der Waals surface area contributed by atoms with Crippen LogP contribution in [0.2, 0.25) is 0 Å². The van der Waals surface area contributed by atoms with Crippen molar-refractivity contribution in [3.63, 3.8) is 0 Å². The summed E-state index contributed by atoms with van der Waals surface area (Å²) in [5.41, 5.74) is 10.3. The van der Waals surface area contributed by atoms with Crippen LogP contribution in [0, 0.1) is 12.3 Å². The van der Waals surface area contributed by atoms with E-state index < -0.39 is 0 Å². The predicted molar refractivity (Wildman–Crippen MR) is 115 cm³/mol. The summed E-state index contributed by atoms with van der Waals surface area (Å²) in [6, 6.07) is 11.8. The Morgan fingerprint density at radius 1 is 1.29 bits per heavy atom. The first-order chi connectivity index (χ1) is 13.5. The molecule has 4 N–H and O–H groups in total. The highest BCUT2D eigenvalue weighted by Crippen LogP contribution is 2.29. The lowest BCUT2D eigenvalue weighted by molar-refractivity contribution is 0.996. The topological polar surface area (TPSA) is 109 Å². The molecule has 4 aromatic rings. The monoisotopic (exact) mass is 389 g/mol. The van der Waals surface area contributed by atoms with E-state index in [1.54, 1.807) is 13.4 Å². The summed E-state index contributed by atoms with van der Waals surface area (Å²) in [5.74, 6) is 0.804. The molecule has 0 atom stereocenters. The van der Waals surface area contributed by atoms with Gasteiger partial charge in [0, 0.05) is 41.5 Å². The van der Waals surface area contributed by atoms with E-state index >= 15 is 0 Å². The smallest absolute Gasteiger partial charge is 0.160 e. The number of H-pyrrole nitrogens is 1. The Morgan fingerprint density at radius 3 is 2.89 bits per heavy atom. The lowest BCUT2D eigenvalue weighted by Gasteiger charge is -2.06. The van der Waals surface area contributed by atoms with Gasteiger partial charge in [0.05, 0.1) is 11.4 Å². The normalized spacial score (nSPS) is 11.9. The van der Waals surface area contributed by atoms with Gasteiger partial charge in [-0.05, 0) is 43.0 Å². The second-order valence-corrected chi connectivity index (χ2v) is 7.29. The minimum atomic E-state index is 0.354. The molecule has 8 heteroatoms. The maximum Gasteiger partial charge on any atom is 0.160 e. The highest BCUT2D eigenvalue weighted by Gasteiger charge is 2.12. The molecule has 0 radical (unpaired) electrons. The molecule has 0 spiro atoms. The number of rotatable bonds is 3. The number of hydrogen-bond donors (Lipinski definition) is 3. The van der Waals surface area contributed by atoms with Crippen LogP contribution in [-0.2, 0) is 0 Å². The fourth-order valence-corrected chi connectivity index (χ4v) is 3.49. The minimum Gasteiger partial charge on any atom is -0.378 e. The van der Waals surface area contributed by atoms with Crippen LogP contribution in [0.4, 0.5) is 0 Å². The Morgan fingerprint density at radius 2 is 2.14 bits per heavy atom. The first kappa shape index (κ1) is 18.0. The number of aliphatic imine (C=N–C) groups is 1. The van der Waals surface area contributed by atoms with Crippen molar-refractivity contribution in [2.24, 2.45) is 10.7 Å². The number of hydrogen-bond acceptors (Lipinski definition) is 5. The van der Waals surface area contributed by atoms with E-state index in [4.69, 9.17) is 16.1 Å². The summed E-state index contributed by atoms with van der Waals surface area (Å²) in [4.78, 5) is 16.2. The molecule has 0 amide bonds. The molecule has 0 aliphatic rings. The third-order valence-corrected chi connectivity index (χ3v) is 5.19. The number of imidazole rings is 1. The summed E-state index contributed by atoms with van der Waals surface area (Å²) in [5, 5.41) is 10.0. The Labute approximate surface area is 166 Å². The first-order valence-corrected chi connectivity index (χ1v) is 9.45. The summed E-state index contributed by atoms with van der Waals surface area (Å²) in [7, 11) is 1.61. The van der Waals surface area contributed by atoms with Crippen molar-refractivity contribution in [3.05, 3.63) is 66.4 Å². The zero-order valence-corrected chi connectivity index (χ0v) is 16.3. The number of aromatic nitrogens is 4. The van der Waals surface area contributed by atoms with E-state index in [1.807, 2.05) is 60.3 Å². The lowest BCUT2D eigenvalue weighted by Crippen LogP contribution is -2.10. The van der Waals surface area contributed by atoms with Crippen molar-refractivity contribution >= 4 is 32.9 Å². The van der Waals surface area contributed by atoms with Gasteiger partial charge in [-0.1, -0.05) is 12.1 Å². The highest BCUT2D eigenvalue weighted by atomic mass is 32.2. The van der Waals surface area contributed by atoms with Crippen molar-refractivity contribution in [2.75, 3.05) is 7.05 Å². The van der Waals surface area contributed by atoms with E-state index in [-0.39, 0.29) is 0 Å². The average molecular weight is 389 g/mol. The van der Waals surface area contributed by atoms with Crippen LogP contribution in [0.5, 0.6) is 0 Å². The summed E-state index contributed by atoms with van der Waals surface area (Å²) in [6.07, 6.45) is 5.64. The largest absolute Gasteiger partial charge is 0.378 e. The molecule has 7 nitrogen and oxygen atoms in total. The standard InChI is InChI=1S/C20H19N7S/c1-12-10-27(11-25-12)18-5-3-4-17(26-18)15-9-24-16-7-6-13(8-14(15)16)19(21)28-20(22)23-2/h3-11,21,24H,1-2H3,(H2,22,23). The van der Waals surface area contributed by atoms with Gasteiger partial charge in [0.25, 0.3) is 0 Å². The molecule has 0 aliphatic heterocycles. The van der Waals surface area contributed by atoms with Crippen LogP contribution < -0.4 is 5.73 Å². The number of amidine groups is 1. The number of nitrogens with two attached hydrogens (primary N) is 1.